The monoisotopic (exact) mass is 280 g/mol. The van der Waals surface area contributed by atoms with E-state index in [1.165, 1.54) is 0 Å². The molecule has 0 aromatic carbocycles. The van der Waals surface area contributed by atoms with Gasteiger partial charge in [-0.2, -0.15) is 0 Å². The van der Waals surface area contributed by atoms with E-state index in [0.29, 0.717) is 17.7 Å². The SMILES string of the molecule is CC(C)CNCCN(C)c1nccn(CC(C)C)c1=O. The van der Waals surface area contributed by atoms with Gasteiger partial charge in [-0.05, 0) is 18.4 Å². The number of nitrogens with zero attached hydrogens (tertiary/aromatic N) is 3. The van der Waals surface area contributed by atoms with Crippen LogP contribution in [0.4, 0.5) is 5.82 Å². The van der Waals surface area contributed by atoms with E-state index >= 15 is 0 Å². The van der Waals surface area contributed by atoms with Gasteiger partial charge in [0.1, 0.15) is 0 Å². The molecule has 0 atom stereocenters. The summed E-state index contributed by atoms with van der Waals surface area (Å²) in [7, 11) is 1.92. The van der Waals surface area contributed by atoms with Gasteiger partial charge in [-0.1, -0.05) is 27.7 Å². The molecule has 0 spiro atoms. The van der Waals surface area contributed by atoms with Crippen LogP contribution in [0, 0.1) is 11.8 Å². The van der Waals surface area contributed by atoms with E-state index in [-0.39, 0.29) is 5.56 Å². The second kappa shape index (κ2) is 8.04. The van der Waals surface area contributed by atoms with Crippen LogP contribution >= 0.6 is 0 Å². The molecule has 0 aliphatic carbocycles. The number of rotatable bonds is 8. The van der Waals surface area contributed by atoms with Crippen LogP contribution in [0.25, 0.3) is 0 Å². The van der Waals surface area contributed by atoms with Gasteiger partial charge in [0.05, 0.1) is 0 Å². The van der Waals surface area contributed by atoms with Crippen molar-refractivity contribution in [1.29, 1.82) is 0 Å². The smallest absolute Gasteiger partial charge is 0.293 e. The molecule has 20 heavy (non-hydrogen) atoms. The Morgan fingerprint density at radius 3 is 2.60 bits per heavy atom. The third kappa shape index (κ3) is 5.33. The molecule has 0 unspecified atom stereocenters. The molecule has 0 aliphatic rings. The standard InChI is InChI=1S/C15H28N4O/c1-12(2)10-16-6-8-18(5)14-15(20)19(9-7-17-14)11-13(3)4/h7,9,12-13,16H,6,8,10-11H2,1-5H3. The first-order chi connectivity index (χ1) is 9.41. The molecule has 1 rings (SSSR count). The van der Waals surface area contributed by atoms with Crippen LogP contribution in [0.3, 0.4) is 0 Å². The van der Waals surface area contributed by atoms with Crippen molar-refractivity contribution in [1.82, 2.24) is 14.9 Å². The van der Waals surface area contributed by atoms with Gasteiger partial charge in [-0.25, -0.2) is 4.98 Å². The third-order valence-corrected chi connectivity index (χ3v) is 3.00. The topological polar surface area (TPSA) is 50.2 Å². The number of hydrogen-bond acceptors (Lipinski definition) is 4. The lowest BCUT2D eigenvalue weighted by atomic mass is 10.2. The van der Waals surface area contributed by atoms with Crippen molar-refractivity contribution >= 4 is 5.82 Å². The Labute approximate surface area is 122 Å². The summed E-state index contributed by atoms with van der Waals surface area (Å²) in [4.78, 5) is 18.5. The number of likely N-dealkylation sites (N-methyl/N-ethyl adjacent to an activating group) is 1. The minimum absolute atomic E-state index is 0.00689. The molecule has 1 N–H and O–H groups in total. The van der Waals surface area contributed by atoms with Gasteiger partial charge in [-0.15, -0.1) is 0 Å². The molecular weight excluding hydrogens is 252 g/mol. The molecule has 0 bridgehead atoms. The number of anilines is 1. The molecule has 114 valence electrons. The summed E-state index contributed by atoms with van der Waals surface area (Å²) in [6.45, 7) is 11.9. The number of aromatic nitrogens is 2. The highest BCUT2D eigenvalue weighted by Gasteiger charge is 2.10. The third-order valence-electron chi connectivity index (χ3n) is 3.00. The second-order valence-corrected chi connectivity index (χ2v) is 6.12. The van der Waals surface area contributed by atoms with E-state index in [1.54, 1.807) is 17.0 Å². The van der Waals surface area contributed by atoms with E-state index in [0.717, 1.165) is 26.2 Å². The molecule has 0 aliphatic heterocycles. The lowest BCUT2D eigenvalue weighted by molar-refractivity contribution is 0.507. The van der Waals surface area contributed by atoms with Gasteiger partial charge in [0.2, 0.25) is 0 Å². The van der Waals surface area contributed by atoms with Crippen molar-refractivity contribution in [3.8, 4) is 0 Å². The zero-order chi connectivity index (χ0) is 15.1. The van der Waals surface area contributed by atoms with Crippen molar-refractivity contribution in [3.05, 3.63) is 22.7 Å². The van der Waals surface area contributed by atoms with Crippen LogP contribution in [-0.4, -0.2) is 36.2 Å². The number of hydrogen-bond donors (Lipinski definition) is 1. The summed E-state index contributed by atoms with van der Waals surface area (Å²) >= 11 is 0. The van der Waals surface area contributed by atoms with Gasteiger partial charge in [0.15, 0.2) is 5.82 Å². The van der Waals surface area contributed by atoms with E-state index < -0.39 is 0 Å². The van der Waals surface area contributed by atoms with Gasteiger partial charge in [0.25, 0.3) is 5.56 Å². The first kappa shape index (κ1) is 16.7. The largest absolute Gasteiger partial charge is 0.354 e. The molecule has 1 aromatic rings. The molecule has 0 saturated carbocycles. The van der Waals surface area contributed by atoms with Crippen molar-refractivity contribution in [3.63, 3.8) is 0 Å². The van der Waals surface area contributed by atoms with Gasteiger partial charge >= 0.3 is 0 Å². The highest BCUT2D eigenvalue weighted by atomic mass is 16.1. The lowest BCUT2D eigenvalue weighted by Gasteiger charge is -2.19. The van der Waals surface area contributed by atoms with Crippen molar-refractivity contribution in [2.24, 2.45) is 11.8 Å². The predicted molar refractivity (Wildman–Crippen MR) is 84.3 cm³/mol. The first-order valence-corrected chi connectivity index (χ1v) is 7.39. The molecule has 5 heteroatoms. The maximum Gasteiger partial charge on any atom is 0.293 e. The summed E-state index contributed by atoms with van der Waals surface area (Å²) < 4.78 is 1.74. The minimum atomic E-state index is -0.00689. The van der Waals surface area contributed by atoms with Crippen molar-refractivity contribution in [2.75, 3.05) is 31.6 Å². The predicted octanol–water partition coefficient (Wildman–Crippen LogP) is 1.58. The highest BCUT2D eigenvalue weighted by molar-refractivity contribution is 5.34. The zero-order valence-electron chi connectivity index (χ0n) is 13.4. The van der Waals surface area contributed by atoms with Gasteiger partial charge < -0.3 is 14.8 Å². The average Bonchev–Trinajstić information content (AvgIpc) is 2.36. The van der Waals surface area contributed by atoms with Crippen molar-refractivity contribution in [2.45, 2.75) is 34.2 Å². The molecule has 0 amide bonds. The summed E-state index contributed by atoms with van der Waals surface area (Å²) in [6, 6.07) is 0. The van der Waals surface area contributed by atoms with Crippen LogP contribution < -0.4 is 15.8 Å². The Morgan fingerprint density at radius 1 is 1.30 bits per heavy atom. The zero-order valence-corrected chi connectivity index (χ0v) is 13.4. The Kier molecular flexibility index (Phi) is 6.71. The Morgan fingerprint density at radius 2 is 2.00 bits per heavy atom. The van der Waals surface area contributed by atoms with Crippen molar-refractivity contribution < 1.29 is 0 Å². The van der Waals surface area contributed by atoms with Gasteiger partial charge in [0, 0.05) is 39.1 Å². The normalized spacial score (nSPS) is 11.3. The van der Waals surface area contributed by atoms with E-state index in [2.05, 4.69) is 38.0 Å². The molecule has 1 heterocycles. The Bertz CT molecular complexity index is 453. The first-order valence-electron chi connectivity index (χ1n) is 7.39. The molecule has 0 radical (unpaired) electrons. The van der Waals surface area contributed by atoms with E-state index in [9.17, 15) is 4.79 Å². The maximum absolute atomic E-state index is 12.3. The second-order valence-electron chi connectivity index (χ2n) is 6.12. The molecule has 0 fully saturated rings. The van der Waals surface area contributed by atoms with Crippen LogP contribution in [0.5, 0.6) is 0 Å². The summed E-state index contributed by atoms with van der Waals surface area (Å²) in [5.74, 6) is 1.61. The highest BCUT2D eigenvalue weighted by Crippen LogP contribution is 2.02. The molecule has 5 nitrogen and oxygen atoms in total. The lowest BCUT2D eigenvalue weighted by Crippen LogP contribution is -2.36. The summed E-state index contributed by atoms with van der Waals surface area (Å²) in [5.41, 5.74) is -0.00689. The van der Waals surface area contributed by atoms with E-state index in [1.807, 2.05) is 11.9 Å². The maximum atomic E-state index is 12.3. The molecule has 1 aromatic heterocycles. The Balaban J connectivity index is 2.64. The fourth-order valence-electron chi connectivity index (χ4n) is 1.98. The molecule has 0 saturated heterocycles. The van der Waals surface area contributed by atoms with Crippen LogP contribution in [-0.2, 0) is 6.54 Å². The Hall–Kier alpha value is -1.36. The van der Waals surface area contributed by atoms with Crippen LogP contribution in [0.2, 0.25) is 0 Å². The fourth-order valence-corrected chi connectivity index (χ4v) is 1.98. The van der Waals surface area contributed by atoms with E-state index in [4.69, 9.17) is 0 Å². The number of nitrogens with one attached hydrogen (secondary N) is 1. The quantitative estimate of drug-likeness (QED) is 0.735. The summed E-state index contributed by atoms with van der Waals surface area (Å²) in [5, 5.41) is 3.37. The van der Waals surface area contributed by atoms with Gasteiger partial charge in [-0.3, -0.25) is 4.79 Å². The molecular formula is C15H28N4O. The van der Waals surface area contributed by atoms with Crippen LogP contribution in [0.15, 0.2) is 17.2 Å². The van der Waals surface area contributed by atoms with Crippen LogP contribution in [0.1, 0.15) is 27.7 Å². The average molecular weight is 280 g/mol. The fraction of sp³-hybridized carbons (Fsp3) is 0.733. The summed E-state index contributed by atoms with van der Waals surface area (Å²) in [6.07, 6.45) is 3.47. The minimum Gasteiger partial charge on any atom is -0.354 e.